The van der Waals surface area contributed by atoms with Crippen LogP contribution in [0.4, 0.5) is 0 Å². The van der Waals surface area contributed by atoms with Gasteiger partial charge in [-0.05, 0) is 93.0 Å². The molecule has 0 fully saturated rings. The molecule has 0 saturated heterocycles. The van der Waals surface area contributed by atoms with E-state index >= 15 is 0 Å². The van der Waals surface area contributed by atoms with Gasteiger partial charge in [-0.15, -0.1) is 0 Å². The van der Waals surface area contributed by atoms with Crippen molar-refractivity contribution in [3.05, 3.63) is 180 Å². The first-order valence-electron chi connectivity index (χ1n) is 17.8. The van der Waals surface area contributed by atoms with E-state index in [1.165, 1.54) is 0 Å². The summed E-state index contributed by atoms with van der Waals surface area (Å²) in [6.45, 7) is 0.610. The summed E-state index contributed by atoms with van der Waals surface area (Å²) in [5.41, 5.74) is 8.73. The number of methoxy groups -OCH3 is 3. The van der Waals surface area contributed by atoms with Crippen molar-refractivity contribution in [1.82, 2.24) is 0 Å². The molecule has 0 aromatic heterocycles. The highest BCUT2D eigenvalue weighted by Crippen LogP contribution is 2.31. The van der Waals surface area contributed by atoms with Crippen molar-refractivity contribution in [3.8, 4) is 67.9 Å². The first-order valence-corrected chi connectivity index (χ1v) is 17.8. The number of carbonyl (C=O) groups excluding carboxylic acids is 1. The Morgan fingerprint density at radius 2 is 0.655 bits per heavy atom. The van der Waals surface area contributed by atoms with Gasteiger partial charge < -0.3 is 28.4 Å². The highest BCUT2D eigenvalue weighted by Gasteiger charge is 2.13. The molecule has 0 saturated carbocycles. The van der Waals surface area contributed by atoms with Gasteiger partial charge in [-0.3, -0.25) is 0 Å². The predicted molar refractivity (Wildman–Crippen MR) is 215 cm³/mol. The van der Waals surface area contributed by atoms with Gasteiger partial charge in [0, 0.05) is 18.2 Å². The van der Waals surface area contributed by atoms with Gasteiger partial charge in [-0.2, -0.15) is 0 Å². The van der Waals surface area contributed by atoms with Gasteiger partial charge in [0.25, 0.3) is 0 Å². The second-order valence-electron chi connectivity index (χ2n) is 12.8. The zero-order valence-electron chi connectivity index (χ0n) is 30.9. The molecule has 7 heteroatoms. The Balaban J connectivity index is 1.06. The standard InChI is InChI=1S/C48H40O7/c1-50-42-22-16-38(17-23-42)35-8-4-33(5-9-35)31-53-45-28-46(54-32-34-6-10-36(11-7-34)39-18-24-43(51-2)25-19-39)30-47(29-45)55-48(49)41-14-12-37(13-15-41)40-20-26-44(52-3)27-21-40/h4-30H,31-32H2,1-3H3. The van der Waals surface area contributed by atoms with Crippen LogP contribution in [0.2, 0.25) is 0 Å². The maximum Gasteiger partial charge on any atom is 0.343 e. The number of ether oxygens (including phenoxy) is 6. The van der Waals surface area contributed by atoms with Crippen LogP contribution in [0, 0.1) is 0 Å². The highest BCUT2D eigenvalue weighted by atomic mass is 16.5. The Kier molecular flexibility index (Phi) is 11.4. The van der Waals surface area contributed by atoms with Crippen LogP contribution in [0.1, 0.15) is 21.5 Å². The molecule has 0 spiro atoms. The van der Waals surface area contributed by atoms with E-state index in [1.54, 1.807) is 51.7 Å². The largest absolute Gasteiger partial charge is 0.497 e. The van der Waals surface area contributed by atoms with Crippen molar-refractivity contribution in [1.29, 1.82) is 0 Å². The van der Waals surface area contributed by atoms with E-state index in [1.807, 2.05) is 109 Å². The van der Waals surface area contributed by atoms with E-state index in [9.17, 15) is 4.79 Å². The summed E-state index contributed by atoms with van der Waals surface area (Å²) in [6, 6.07) is 52.6. The SMILES string of the molecule is COc1ccc(-c2ccc(COc3cc(OCc4ccc(-c5ccc(OC)cc5)cc4)cc(OC(=O)c4ccc(-c5ccc(OC)cc5)cc4)c3)cc2)cc1. The zero-order valence-corrected chi connectivity index (χ0v) is 30.9. The monoisotopic (exact) mass is 728 g/mol. The fraction of sp³-hybridized carbons (Fsp3) is 0.104. The van der Waals surface area contributed by atoms with Gasteiger partial charge in [-0.25, -0.2) is 4.79 Å². The fourth-order valence-electron chi connectivity index (χ4n) is 6.01. The summed E-state index contributed by atoms with van der Waals surface area (Å²) in [4.78, 5) is 13.4. The molecule has 0 bridgehead atoms. The van der Waals surface area contributed by atoms with Crippen LogP contribution in [0.3, 0.4) is 0 Å². The Labute approximate surface area is 321 Å². The fourth-order valence-corrected chi connectivity index (χ4v) is 6.01. The first kappa shape index (κ1) is 36.4. The van der Waals surface area contributed by atoms with Crippen molar-refractivity contribution in [2.24, 2.45) is 0 Å². The average Bonchev–Trinajstić information content (AvgIpc) is 3.25. The van der Waals surface area contributed by atoms with Crippen LogP contribution in [-0.2, 0) is 13.2 Å². The number of rotatable bonds is 14. The number of esters is 1. The van der Waals surface area contributed by atoms with Crippen LogP contribution in [-0.4, -0.2) is 27.3 Å². The second-order valence-corrected chi connectivity index (χ2v) is 12.8. The third-order valence-electron chi connectivity index (χ3n) is 9.17. The minimum atomic E-state index is -0.493. The number of hydrogen-bond acceptors (Lipinski definition) is 7. The topological polar surface area (TPSA) is 72.5 Å². The molecule has 0 radical (unpaired) electrons. The molecule has 0 heterocycles. The summed E-state index contributed by atoms with van der Waals surface area (Å²) >= 11 is 0. The lowest BCUT2D eigenvalue weighted by molar-refractivity contribution is 0.0734. The van der Waals surface area contributed by atoms with Gasteiger partial charge in [0.2, 0.25) is 0 Å². The van der Waals surface area contributed by atoms with Crippen LogP contribution < -0.4 is 28.4 Å². The van der Waals surface area contributed by atoms with Crippen LogP contribution >= 0.6 is 0 Å². The third kappa shape index (κ3) is 9.33. The molecule has 0 aliphatic rings. The van der Waals surface area contributed by atoms with E-state index in [4.69, 9.17) is 28.4 Å². The highest BCUT2D eigenvalue weighted by molar-refractivity contribution is 5.91. The second kappa shape index (κ2) is 17.2. The van der Waals surface area contributed by atoms with Crippen molar-refractivity contribution >= 4 is 5.97 Å². The summed E-state index contributed by atoms with van der Waals surface area (Å²) < 4.78 is 34.2. The molecule has 0 unspecified atom stereocenters. The summed E-state index contributed by atoms with van der Waals surface area (Å²) in [7, 11) is 4.95. The molecule has 7 aromatic carbocycles. The maximum absolute atomic E-state index is 13.4. The molecular formula is C48H40O7. The molecule has 7 nitrogen and oxygen atoms in total. The average molecular weight is 729 g/mol. The van der Waals surface area contributed by atoms with Crippen LogP contribution in [0.15, 0.2) is 164 Å². The van der Waals surface area contributed by atoms with Gasteiger partial charge >= 0.3 is 5.97 Å². The van der Waals surface area contributed by atoms with Crippen LogP contribution in [0.5, 0.6) is 34.5 Å². The lowest BCUT2D eigenvalue weighted by atomic mass is 10.0. The van der Waals surface area contributed by atoms with E-state index < -0.39 is 5.97 Å². The van der Waals surface area contributed by atoms with E-state index in [0.717, 1.165) is 61.8 Å². The van der Waals surface area contributed by atoms with Gasteiger partial charge in [0.1, 0.15) is 47.7 Å². The minimum absolute atomic E-state index is 0.305. The van der Waals surface area contributed by atoms with Gasteiger partial charge in [-0.1, -0.05) is 97.1 Å². The maximum atomic E-state index is 13.4. The Hall–Kier alpha value is -6.99. The molecule has 0 aliphatic heterocycles. The number of carbonyl (C=O) groups is 1. The van der Waals surface area contributed by atoms with Crippen molar-refractivity contribution in [3.63, 3.8) is 0 Å². The molecule has 274 valence electrons. The molecule has 0 N–H and O–H groups in total. The Morgan fingerprint density at radius 3 is 0.982 bits per heavy atom. The molecular weight excluding hydrogens is 689 g/mol. The number of hydrogen-bond donors (Lipinski definition) is 0. The number of benzene rings is 7. The minimum Gasteiger partial charge on any atom is -0.497 e. The van der Waals surface area contributed by atoms with E-state index in [-0.39, 0.29) is 0 Å². The molecule has 0 amide bonds. The van der Waals surface area contributed by atoms with Crippen molar-refractivity contribution in [2.45, 2.75) is 13.2 Å². The summed E-state index contributed by atoms with van der Waals surface area (Å²) in [6.07, 6.45) is 0. The van der Waals surface area contributed by atoms with Gasteiger partial charge in [0.05, 0.1) is 26.9 Å². The van der Waals surface area contributed by atoms with Crippen molar-refractivity contribution in [2.75, 3.05) is 21.3 Å². The summed E-state index contributed by atoms with van der Waals surface area (Å²) in [5.74, 6) is 3.23. The van der Waals surface area contributed by atoms with E-state index in [2.05, 4.69) is 24.3 Å². The quantitative estimate of drug-likeness (QED) is 0.0815. The van der Waals surface area contributed by atoms with Crippen LogP contribution in [0.25, 0.3) is 33.4 Å². The van der Waals surface area contributed by atoms with Crippen molar-refractivity contribution < 1.29 is 33.2 Å². The predicted octanol–water partition coefficient (Wildman–Crippen LogP) is 11.1. The Bertz CT molecular complexity index is 2200. The molecule has 7 rings (SSSR count). The lowest BCUT2D eigenvalue weighted by Crippen LogP contribution is -2.09. The smallest absolute Gasteiger partial charge is 0.343 e. The molecule has 55 heavy (non-hydrogen) atoms. The normalized spacial score (nSPS) is 10.7. The first-order chi connectivity index (χ1) is 27.0. The third-order valence-corrected chi connectivity index (χ3v) is 9.17. The van der Waals surface area contributed by atoms with Gasteiger partial charge in [0.15, 0.2) is 0 Å². The zero-order chi connectivity index (χ0) is 38.0. The Morgan fingerprint density at radius 1 is 0.364 bits per heavy atom. The molecule has 0 atom stereocenters. The van der Waals surface area contributed by atoms with E-state index in [0.29, 0.717) is 36.0 Å². The molecule has 0 aliphatic carbocycles. The molecule has 7 aromatic rings. The summed E-state index contributed by atoms with van der Waals surface area (Å²) in [5, 5.41) is 0. The lowest BCUT2D eigenvalue weighted by Gasteiger charge is -2.14.